The minimum Gasteiger partial charge on any atom is -0.456 e. The van der Waals surface area contributed by atoms with E-state index in [-0.39, 0.29) is 10.8 Å². The van der Waals surface area contributed by atoms with Crippen molar-refractivity contribution >= 4 is 65.7 Å². The van der Waals surface area contributed by atoms with Gasteiger partial charge in [-0.05, 0) is 105 Å². The molecule has 77 heavy (non-hydrogen) atoms. The lowest BCUT2D eigenvalue weighted by molar-refractivity contribution is 0.590. The molecule has 10 aromatic carbocycles. The first-order chi connectivity index (χ1) is 37.4. The van der Waals surface area contributed by atoms with E-state index >= 15 is 0 Å². The molecule has 0 bridgehead atoms. The third-order valence-electron chi connectivity index (χ3n) is 15.4. The molecule has 0 spiro atoms. The number of hydrogen-bond acceptors (Lipinski definition) is 5. The summed E-state index contributed by atoms with van der Waals surface area (Å²) in [7, 11) is 0. The zero-order valence-electron chi connectivity index (χ0n) is 43.9. The minimum atomic E-state index is -0.0660. The van der Waals surface area contributed by atoms with Crippen LogP contribution in [0.5, 0.6) is 0 Å². The molecule has 6 nitrogen and oxygen atoms in total. The molecule has 0 N–H and O–H groups in total. The summed E-state index contributed by atoms with van der Waals surface area (Å²) < 4.78 is 15.6. The first-order valence-electron chi connectivity index (χ1n) is 26.5. The summed E-state index contributed by atoms with van der Waals surface area (Å²) in [6.07, 6.45) is 0. The summed E-state index contributed by atoms with van der Waals surface area (Å²) in [5.41, 5.74) is 18.0. The standard InChI is InChI=1S/C71H54N4O2/c1-70(2,3)48-34-31-43(32-35-48)46-33-37-59-57(39-46)58-42-49(71(4,5)6)36-38-60(58)75(59)65-55(44-19-9-7-10-20-44)40-47(41-56(65)45-21-11-8-12-22-45)67-72-68(53-26-18-30-63-64(53)52-24-14-16-29-62(52)76-63)74-69(73-67)54-27-17-25-51-50-23-13-15-28-61(50)77-66(51)54/h7-42H,1-6H3. The Balaban J connectivity index is 1.07. The fourth-order valence-electron chi connectivity index (χ4n) is 11.4. The summed E-state index contributed by atoms with van der Waals surface area (Å²) in [5.74, 6) is 1.57. The molecule has 370 valence electrons. The van der Waals surface area contributed by atoms with Gasteiger partial charge in [0.15, 0.2) is 17.5 Å². The lowest BCUT2D eigenvalue weighted by atomic mass is 9.86. The SMILES string of the molecule is CC(C)(C)c1ccc(-c2ccc3c(c2)c2cc(C(C)(C)C)ccc2n3-c2c(-c3ccccc3)cc(-c3nc(-c4cccc5c4oc4ccccc45)nc(-c4cccc5oc6ccccc6c45)n3)cc2-c2ccccc2)cc1. The molecule has 0 aliphatic rings. The van der Waals surface area contributed by atoms with Gasteiger partial charge in [-0.3, -0.25) is 0 Å². The normalized spacial score (nSPS) is 12.3. The number of furan rings is 2. The van der Waals surface area contributed by atoms with Crippen LogP contribution in [0.3, 0.4) is 0 Å². The Morgan fingerprint density at radius 3 is 1.51 bits per heavy atom. The smallest absolute Gasteiger partial charge is 0.167 e. The van der Waals surface area contributed by atoms with Gasteiger partial charge < -0.3 is 13.4 Å². The maximum atomic E-state index is 6.68. The molecule has 0 aliphatic heterocycles. The summed E-state index contributed by atoms with van der Waals surface area (Å²) in [5, 5.41) is 6.37. The molecule has 4 aromatic heterocycles. The number of aromatic nitrogens is 4. The Bertz CT molecular complexity index is 4560. The van der Waals surface area contributed by atoms with Gasteiger partial charge in [0.25, 0.3) is 0 Å². The van der Waals surface area contributed by atoms with Crippen molar-refractivity contribution in [2.75, 3.05) is 0 Å². The number of para-hydroxylation sites is 3. The van der Waals surface area contributed by atoms with Gasteiger partial charge >= 0.3 is 0 Å². The maximum absolute atomic E-state index is 6.68. The molecule has 4 heterocycles. The van der Waals surface area contributed by atoms with E-state index in [1.165, 1.54) is 33.0 Å². The molecule has 0 saturated heterocycles. The Morgan fingerprint density at radius 2 is 0.831 bits per heavy atom. The predicted octanol–water partition coefficient (Wildman–Crippen LogP) is 19.4. The average molecular weight is 995 g/mol. The van der Waals surface area contributed by atoms with E-state index in [0.29, 0.717) is 17.5 Å². The lowest BCUT2D eigenvalue weighted by Crippen LogP contribution is -2.10. The van der Waals surface area contributed by atoms with Crippen molar-refractivity contribution in [2.24, 2.45) is 0 Å². The number of fused-ring (bicyclic) bond motifs is 9. The average Bonchev–Trinajstić information content (AvgIpc) is 4.16. The Hall–Kier alpha value is -9.39. The second kappa shape index (κ2) is 17.6. The van der Waals surface area contributed by atoms with Crippen molar-refractivity contribution in [3.63, 3.8) is 0 Å². The zero-order valence-corrected chi connectivity index (χ0v) is 43.9. The Kier molecular flexibility index (Phi) is 10.6. The first kappa shape index (κ1) is 46.2. The van der Waals surface area contributed by atoms with Crippen molar-refractivity contribution < 1.29 is 8.83 Å². The molecule has 0 atom stereocenters. The van der Waals surface area contributed by atoms with Gasteiger partial charge in [0.2, 0.25) is 0 Å². The van der Waals surface area contributed by atoms with E-state index in [4.69, 9.17) is 23.8 Å². The van der Waals surface area contributed by atoms with Crippen molar-refractivity contribution in [1.82, 2.24) is 19.5 Å². The topological polar surface area (TPSA) is 69.9 Å². The zero-order chi connectivity index (χ0) is 52.2. The van der Waals surface area contributed by atoms with Crippen molar-refractivity contribution in [1.29, 1.82) is 0 Å². The molecular formula is C71H54N4O2. The van der Waals surface area contributed by atoms with Crippen LogP contribution in [0, 0.1) is 0 Å². The molecule has 6 heteroatoms. The molecule has 0 amide bonds. The van der Waals surface area contributed by atoms with Crippen LogP contribution < -0.4 is 0 Å². The molecule has 14 rings (SSSR count). The van der Waals surface area contributed by atoms with E-state index in [0.717, 1.165) is 99.5 Å². The highest BCUT2D eigenvalue weighted by atomic mass is 16.3. The third-order valence-corrected chi connectivity index (χ3v) is 15.4. The van der Waals surface area contributed by atoms with Gasteiger partial charge in [-0.25, -0.2) is 15.0 Å². The van der Waals surface area contributed by atoms with Crippen LogP contribution in [-0.4, -0.2) is 19.5 Å². The lowest BCUT2D eigenvalue weighted by Gasteiger charge is -2.22. The van der Waals surface area contributed by atoms with Crippen LogP contribution >= 0.6 is 0 Å². The molecule has 0 radical (unpaired) electrons. The van der Waals surface area contributed by atoms with Crippen molar-refractivity contribution in [3.8, 4) is 73.2 Å². The molecule has 0 aliphatic carbocycles. The van der Waals surface area contributed by atoms with Crippen LogP contribution in [0.4, 0.5) is 0 Å². The third kappa shape index (κ3) is 7.82. The second-order valence-electron chi connectivity index (χ2n) is 22.4. The summed E-state index contributed by atoms with van der Waals surface area (Å²) in [6, 6.07) is 77.8. The summed E-state index contributed by atoms with van der Waals surface area (Å²) >= 11 is 0. The summed E-state index contributed by atoms with van der Waals surface area (Å²) in [6.45, 7) is 13.7. The largest absolute Gasteiger partial charge is 0.456 e. The van der Waals surface area contributed by atoms with Gasteiger partial charge in [-0.1, -0.05) is 199 Å². The number of benzene rings is 10. The predicted molar refractivity (Wildman–Crippen MR) is 319 cm³/mol. The fourth-order valence-corrected chi connectivity index (χ4v) is 11.4. The van der Waals surface area contributed by atoms with E-state index in [1.54, 1.807) is 0 Å². The van der Waals surface area contributed by atoms with Gasteiger partial charge in [0.05, 0.1) is 22.3 Å². The molecular weight excluding hydrogens is 941 g/mol. The highest BCUT2D eigenvalue weighted by molar-refractivity contribution is 6.14. The Labute approximate surface area is 447 Å². The van der Waals surface area contributed by atoms with Gasteiger partial charge in [0.1, 0.15) is 22.3 Å². The van der Waals surface area contributed by atoms with Crippen LogP contribution in [-0.2, 0) is 10.8 Å². The van der Waals surface area contributed by atoms with Gasteiger partial charge in [-0.15, -0.1) is 0 Å². The van der Waals surface area contributed by atoms with Crippen LogP contribution in [0.15, 0.2) is 227 Å². The monoisotopic (exact) mass is 994 g/mol. The van der Waals surface area contributed by atoms with Gasteiger partial charge in [0, 0.05) is 54.6 Å². The van der Waals surface area contributed by atoms with Crippen LogP contribution in [0.25, 0.3) is 139 Å². The molecule has 0 saturated carbocycles. The van der Waals surface area contributed by atoms with E-state index in [1.807, 2.05) is 48.5 Å². The highest BCUT2D eigenvalue weighted by Crippen LogP contribution is 2.46. The minimum absolute atomic E-state index is 0.0597. The number of nitrogens with zero attached hydrogens (tertiary/aromatic N) is 4. The fraction of sp³-hybridized carbons (Fsp3) is 0.113. The maximum Gasteiger partial charge on any atom is 0.167 e. The van der Waals surface area contributed by atoms with Crippen molar-refractivity contribution in [2.45, 2.75) is 52.4 Å². The first-order valence-corrected chi connectivity index (χ1v) is 26.5. The highest BCUT2D eigenvalue weighted by Gasteiger charge is 2.26. The number of hydrogen-bond donors (Lipinski definition) is 0. The number of rotatable bonds is 7. The molecule has 0 fully saturated rings. The van der Waals surface area contributed by atoms with Crippen LogP contribution in [0.2, 0.25) is 0 Å². The van der Waals surface area contributed by atoms with E-state index in [9.17, 15) is 0 Å². The molecule has 14 aromatic rings. The van der Waals surface area contributed by atoms with Crippen LogP contribution in [0.1, 0.15) is 52.7 Å². The second-order valence-corrected chi connectivity index (χ2v) is 22.4. The van der Waals surface area contributed by atoms with Gasteiger partial charge in [-0.2, -0.15) is 0 Å². The van der Waals surface area contributed by atoms with Crippen molar-refractivity contribution in [3.05, 3.63) is 230 Å². The quantitative estimate of drug-likeness (QED) is 0.159. The summed E-state index contributed by atoms with van der Waals surface area (Å²) in [4.78, 5) is 16.4. The molecule has 0 unspecified atom stereocenters. The Morgan fingerprint density at radius 1 is 0.325 bits per heavy atom. The van der Waals surface area contributed by atoms with E-state index in [2.05, 4.69) is 216 Å². The van der Waals surface area contributed by atoms with E-state index < -0.39 is 0 Å².